The molecule has 0 bridgehead atoms. The molecule has 5 nitrogen and oxygen atoms in total. The molecule has 1 aromatic carbocycles. The second kappa shape index (κ2) is 8.76. The first-order valence-corrected chi connectivity index (χ1v) is 7.76. The maximum atomic E-state index is 12.1. The van der Waals surface area contributed by atoms with Crippen LogP contribution in [0, 0.1) is 6.92 Å². The van der Waals surface area contributed by atoms with E-state index in [2.05, 4.69) is 10.6 Å². The van der Waals surface area contributed by atoms with Gasteiger partial charge in [-0.25, -0.2) is 0 Å². The number of hydrogen-bond acceptors (Lipinski definition) is 3. The largest absolute Gasteiger partial charge is 0.480 e. The molecule has 0 saturated carbocycles. The zero-order valence-electron chi connectivity index (χ0n) is 13.1. The number of amides is 1. The van der Waals surface area contributed by atoms with Crippen molar-refractivity contribution in [2.75, 3.05) is 5.32 Å². The molecule has 0 fully saturated rings. The third-order valence-electron chi connectivity index (χ3n) is 3.33. The minimum Gasteiger partial charge on any atom is -0.480 e. The van der Waals surface area contributed by atoms with Gasteiger partial charge < -0.3 is 15.7 Å². The number of carbonyl (C=O) groups excluding carboxylic acids is 1. The van der Waals surface area contributed by atoms with Crippen LogP contribution in [-0.4, -0.2) is 29.1 Å². The number of rotatable bonds is 8. The van der Waals surface area contributed by atoms with Gasteiger partial charge in [-0.15, -0.1) is 0 Å². The van der Waals surface area contributed by atoms with Gasteiger partial charge in [-0.05, 0) is 38.0 Å². The van der Waals surface area contributed by atoms with E-state index in [1.165, 1.54) is 0 Å². The SMILES string of the molecule is CCCC(NC(C)CC(=O)Nc1cc(Cl)ccc1C)C(=O)O. The quantitative estimate of drug-likeness (QED) is 0.685. The number of hydrogen-bond donors (Lipinski definition) is 3. The van der Waals surface area contributed by atoms with E-state index in [4.69, 9.17) is 16.7 Å². The Kier molecular flexibility index (Phi) is 7.35. The first-order chi connectivity index (χ1) is 10.3. The number of carbonyl (C=O) groups is 2. The van der Waals surface area contributed by atoms with Crippen LogP contribution in [0.15, 0.2) is 18.2 Å². The number of benzene rings is 1. The molecule has 3 N–H and O–H groups in total. The number of halogens is 1. The molecule has 122 valence electrons. The molecular weight excluding hydrogens is 304 g/mol. The van der Waals surface area contributed by atoms with Crippen LogP contribution in [0.4, 0.5) is 5.69 Å². The van der Waals surface area contributed by atoms with E-state index in [1.54, 1.807) is 19.1 Å². The van der Waals surface area contributed by atoms with Gasteiger partial charge in [0.05, 0.1) is 0 Å². The van der Waals surface area contributed by atoms with E-state index in [9.17, 15) is 9.59 Å². The Morgan fingerprint density at radius 2 is 2.05 bits per heavy atom. The fraction of sp³-hybridized carbons (Fsp3) is 0.500. The molecule has 1 amide bonds. The molecule has 22 heavy (non-hydrogen) atoms. The lowest BCUT2D eigenvalue weighted by atomic mass is 10.1. The highest BCUT2D eigenvalue weighted by molar-refractivity contribution is 6.31. The summed E-state index contributed by atoms with van der Waals surface area (Å²) in [6.45, 7) is 5.61. The number of nitrogens with one attached hydrogen (secondary N) is 2. The minimum absolute atomic E-state index is 0.175. The maximum Gasteiger partial charge on any atom is 0.320 e. The standard InChI is InChI=1S/C16H23ClN2O3/c1-4-5-13(16(21)22)18-11(3)8-15(20)19-14-9-12(17)7-6-10(14)2/h6-7,9,11,13,18H,4-5,8H2,1-3H3,(H,19,20)(H,21,22). The average molecular weight is 327 g/mol. The summed E-state index contributed by atoms with van der Waals surface area (Å²) in [5.74, 6) is -1.06. The van der Waals surface area contributed by atoms with Crippen molar-refractivity contribution in [1.29, 1.82) is 0 Å². The van der Waals surface area contributed by atoms with Crippen LogP contribution in [0.3, 0.4) is 0 Å². The van der Waals surface area contributed by atoms with Crippen LogP contribution in [0.1, 0.15) is 38.7 Å². The van der Waals surface area contributed by atoms with Crippen molar-refractivity contribution < 1.29 is 14.7 Å². The zero-order chi connectivity index (χ0) is 16.7. The summed E-state index contributed by atoms with van der Waals surface area (Å²) in [6, 6.07) is 4.44. The second-order valence-electron chi connectivity index (χ2n) is 5.46. The Hall–Kier alpha value is -1.59. The predicted octanol–water partition coefficient (Wildman–Crippen LogP) is 3.21. The lowest BCUT2D eigenvalue weighted by molar-refractivity contribution is -0.140. The number of anilines is 1. The average Bonchev–Trinajstić information content (AvgIpc) is 2.42. The second-order valence-corrected chi connectivity index (χ2v) is 5.90. The van der Waals surface area contributed by atoms with Crippen molar-refractivity contribution in [2.24, 2.45) is 0 Å². The molecule has 6 heteroatoms. The summed E-state index contributed by atoms with van der Waals surface area (Å²) in [5, 5.41) is 15.4. The van der Waals surface area contributed by atoms with Crippen LogP contribution in [0.25, 0.3) is 0 Å². The molecule has 0 aliphatic heterocycles. The van der Waals surface area contributed by atoms with Gasteiger partial charge in [-0.2, -0.15) is 0 Å². The van der Waals surface area contributed by atoms with Crippen LogP contribution >= 0.6 is 11.6 Å². The molecular formula is C16H23ClN2O3. The molecule has 2 unspecified atom stereocenters. The summed E-state index contributed by atoms with van der Waals surface area (Å²) >= 11 is 5.92. The van der Waals surface area contributed by atoms with Gasteiger partial charge in [-0.3, -0.25) is 9.59 Å². The highest BCUT2D eigenvalue weighted by Crippen LogP contribution is 2.20. The normalized spacial score (nSPS) is 13.5. The van der Waals surface area contributed by atoms with E-state index in [1.807, 2.05) is 19.9 Å². The molecule has 0 aromatic heterocycles. The fourth-order valence-electron chi connectivity index (χ4n) is 2.18. The highest BCUT2D eigenvalue weighted by Gasteiger charge is 2.20. The van der Waals surface area contributed by atoms with Crippen LogP contribution in [0.2, 0.25) is 5.02 Å². The Morgan fingerprint density at radius 1 is 1.36 bits per heavy atom. The zero-order valence-corrected chi connectivity index (χ0v) is 13.9. The lowest BCUT2D eigenvalue weighted by Crippen LogP contribution is -2.43. The predicted molar refractivity (Wildman–Crippen MR) is 88.4 cm³/mol. The van der Waals surface area contributed by atoms with E-state index >= 15 is 0 Å². The molecule has 1 rings (SSSR count). The lowest BCUT2D eigenvalue weighted by Gasteiger charge is -2.19. The number of aliphatic carboxylic acids is 1. The molecule has 2 atom stereocenters. The Labute approximate surface area is 136 Å². The first-order valence-electron chi connectivity index (χ1n) is 7.38. The van der Waals surface area contributed by atoms with Crippen molar-refractivity contribution in [1.82, 2.24) is 5.32 Å². The van der Waals surface area contributed by atoms with Gasteiger partial charge in [0, 0.05) is 23.2 Å². The molecule has 0 heterocycles. The number of carboxylic acid groups (broad SMARTS) is 1. The Morgan fingerprint density at radius 3 is 2.64 bits per heavy atom. The van der Waals surface area contributed by atoms with Crippen molar-refractivity contribution in [3.63, 3.8) is 0 Å². The molecule has 1 aromatic rings. The summed E-state index contributed by atoms with van der Waals surface area (Å²) in [4.78, 5) is 23.2. The van der Waals surface area contributed by atoms with Crippen molar-refractivity contribution in [3.8, 4) is 0 Å². The summed E-state index contributed by atoms with van der Waals surface area (Å²) in [6.07, 6.45) is 1.50. The minimum atomic E-state index is -0.889. The molecule has 0 saturated heterocycles. The summed E-state index contributed by atoms with van der Waals surface area (Å²) in [7, 11) is 0. The molecule has 0 spiro atoms. The number of carboxylic acids is 1. The third kappa shape index (κ3) is 6.03. The van der Waals surface area contributed by atoms with Gasteiger partial charge in [0.15, 0.2) is 0 Å². The van der Waals surface area contributed by atoms with Crippen LogP contribution in [-0.2, 0) is 9.59 Å². The molecule has 0 radical (unpaired) electrons. The van der Waals surface area contributed by atoms with Crippen LogP contribution in [0.5, 0.6) is 0 Å². The van der Waals surface area contributed by atoms with Gasteiger partial charge in [0.1, 0.15) is 6.04 Å². The van der Waals surface area contributed by atoms with Gasteiger partial charge in [0.25, 0.3) is 0 Å². The summed E-state index contributed by atoms with van der Waals surface area (Å²) < 4.78 is 0. The monoisotopic (exact) mass is 326 g/mol. The Bertz CT molecular complexity index is 534. The maximum absolute atomic E-state index is 12.1. The van der Waals surface area contributed by atoms with Crippen molar-refractivity contribution in [2.45, 2.75) is 52.1 Å². The summed E-state index contributed by atoms with van der Waals surface area (Å²) in [5.41, 5.74) is 1.60. The molecule has 0 aliphatic rings. The van der Waals surface area contributed by atoms with Gasteiger partial charge in [0.2, 0.25) is 5.91 Å². The van der Waals surface area contributed by atoms with E-state index < -0.39 is 12.0 Å². The van der Waals surface area contributed by atoms with Gasteiger partial charge in [-0.1, -0.05) is 31.0 Å². The smallest absolute Gasteiger partial charge is 0.320 e. The van der Waals surface area contributed by atoms with Crippen molar-refractivity contribution in [3.05, 3.63) is 28.8 Å². The Balaban J connectivity index is 2.56. The van der Waals surface area contributed by atoms with E-state index in [-0.39, 0.29) is 18.4 Å². The first kappa shape index (κ1) is 18.5. The fourth-order valence-corrected chi connectivity index (χ4v) is 2.35. The highest BCUT2D eigenvalue weighted by atomic mass is 35.5. The molecule has 0 aliphatic carbocycles. The van der Waals surface area contributed by atoms with Crippen LogP contribution < -0.4 is 10.6 Å². The van der Waals surface area contributed by atoms with Crippen molar-refractivity contribution >= 4 is 29.2 Å². The number of aryl methyl sites for hydroxylation is 1. The third-order valence-corrected chi connectivity index (χ3v) is 3.56. The van der Waals surface area contributed by atoms with E-state index in [0.717, 1.165) is 12.0 Å². The van der Waals surface area contributed by atoms with E-state index in [0.29, 0.717) is 17.1 Å². The topological polar surface area (TPSA) is 78.4 Å². The van der Waals surface area contributed by atoms with Gasteiger partial charge >= 0.3 is 5.97 Å².